The van der Waals surface area contributed by atoms with Crippen LogP contribution in [0.15, 0.2) is 47.8 Å². The third kappa shape index (κ3) is 3.16. The highest BCUT2D eigenvalue weighted by atomic mass is 35.5. The summed E-state index contributed by atoms with van der Waals surface area (Å²) in [5.74, 6) is 0. The maximum atomic E-state index is 6.15. The average molecular weight is 329 g/mol. The topological polar surface area (TPSA) is 24.9 Å². The molecule has 0 saturated carbocycles. The number of aromatic nitrogens is 1. The second-order valence-corrected chi connectivity index (χ2v) is 6.39. The van der Waals surface area contributed by atoms with Crippen molar-refractivity contribution in [2.75, 3.05) is 5.32 Å². The molecule has 3 rings (SSSR count). The van der Waals surface area contributed by atoms with Gasteiger partial charge in [-0.15, -0.1) is 11.3 Å². The van der Waals surface area contributed by atoms with E-state index in [2.05, 4.69) is 46.9 Å². The molecule has 1 N–H and O–H groups in total. The quantitative estimate of drug-likeness (QED) is 0.628. The molecule has 0 unspecified atom stereocenters. The van der Waals surface area contributed by atoms with Crippen LogP contribution in [-0.2, 0) is 6.42 Å². The van der Waals surface area contributed by atoms with E-state index < -0.39 is 0 Å². The van der Waals surface area contributed by atoms with Gasteiger partial charge in [0.2, 0.25) is 0 Å². The summed E-state index contributed by atoms with van der Waals surface area (Å²) in [5, 5.41) is 7.06. The summed E-state index contributed by atoms with van der Waals surface area (Å²) in [6.07, 6.45) is 1.05. The molecule has 0 atom stereocenters. The molecule has 0 saturated heterocycles. The highest BCUT2D eigenvalue weighted by Gasteiger charge is 2.07. The molecule has 0 aliphatic rings. The second kappa shape index (κ2) is 6.51. The zero-order chi connectivity index (χ0) is 15.5. The Morgan fingerprint density at radius 3 is 2.64 bits per heavy atom. The lowest BCUT2D eigenvalue weighted by molar-refractivity contribution is 1.14. The predicted octanol–water partition coefficient (Wildman–Crippen LogP) is 6.08. The van der Waals surface area contributed by atoms with E-state index in [1.807, 2.05) is 25.1 Å². The van der Waals surface area contributed by atoms with E-state index in [-0.39, 0.29) is 0 Å². The van der Waals surface area contributed by atoms with E-state index in [1.165, 1.54) is 5.56 Å². The van der Waals surface area contributed by atoms with Crippen molar-refractivity contribution in [3.8, 4) is 11.3 Å². The van der Waals surface area contributed by atoms with E-state index in [1.54, 1.807) is 11.3 Å². The lowest BCUT2D eigenvalue weighted by Crippen LogP contribution is -1.93. The lowest BCUT2D eigenvalue weighted by atomic mass is 10.1. The number of anilines is 2. The van der Waals surface area contributed by atoms with Crippen LogP contribution in [0.2, 0.25) is 5.02 Å². The van der Waals surface area contributed by atoms with Gasteiger partial charge in [0.1, 0.15) is 0 Å². The number of nitrogens with one attached hydrogen (secondary N) is 1. The molecule has 1 aromatic heterocycles. The van der Waals surface area contributed by atoms with Gasteiger partial charge in [-0.1, -0.05) is 48.9 Å². The molecule has 2 nitrogen and oxygen atoms in total. The summed E-state index contributed by atoms with van der Waals surface area (Å²) in [4.78, 5) is 4.67. The van der Waals surface area contributed by atoms with Crippen molar-refractivity contribution in [2.45, 2.75) is 20.3 Å². The van der Waals surface area contributed by atoms with Gasteiger partial charge in [-0.2, -0.15) is 0 Å². The predicted molar refractivity (Wildman–Crippen MR) is 96.4 cm³/mol. The van der Waals surface area contributed by atoms with Crippen molar-refractivity contribution in [2.24, 2.45) is 0 Å². The number of thiazole rings is 1. The van der Waals surface area contributed by atoms with Crippen LogP contribution in [0.1, 0.15) is 18.1 Å². The molecular formula is C18H17ClN2S. The summed E-state index contributed by atoms with van der Waals surface area (Å²) in [7, 11) is 0. The Hall–Kier alpha value is -1.84. The third-order valence-electron chi connectivity index (χ3n) is 3.67. The molecule has 0 aliphatic heterocycles. The molecule has 0 aliphatic carbocycles. The van der Waals surface area contributed by atoms with E-state index >= 15 is 0 Å². The normalized spacial score (nSPS) is 10.7. The highest BCUT2D eigenvalue weighted by molar-refractivity contribution is 7.14. The second-order valence-electron chi connectivity index (χ2n) is 5.13. The summed E-state index contributed by atoms with van der Waals surface area (Å²) in [6.45, 7) is 4.16. The van der Waals surface area contributed by atoms with Crippen LogP contribution >= 0.6 is 22.9 Å². The lowest BCUT2D eigenvalue weighted by Gasteiger charge is -2.07. The van der Waals surface area contributed by atoms with Gasteiger partial charge in [-0.3, -0.25) is 0 Å². The SMILES string of the molecule is CCc1ccc(-c2csc(Nc3cccc(Cl)c3C)n2)cc1. The van der Waals surface area contributed by atoms with Crippen LogP contribution in [0, 0.1) is 6.92 Å². The average Bonchev–Trinajstić information content (AvgIpc) is 3.00. The number of aryl methyl sites for hydroxylation is 1. The van der Waals surface area contributed by atoms with Crippen molar-refractivity contribution in [3.05, 3.63) is 64.0 Å². The fraction of sp³-hybridized carbons (Fsp3) is 0.167. The van der Waals surface area contributed by atoms with Crippen LogP contribution in [0.5, 0.6) is 0 Å². The fourth-order valence-corrected chi connectivity index (χ4v) is 3.14. The molecular weight excluding hydrogens is 312 g/mol. The van der Waals surface area contributed by atoms with Crippen molar-refractivity contribution in [3.63, 3.8) is 0 Å². The fourth-order valence-electron chi connectivity index (χ4n) is 2.23. The van der Waals surface area contributed by atoms with Gasteiger partial charge < -0.3 is 5.32 Å². The van der Waals surface area contributed by atoms with Crippen LogP contribution in [0.25, 0.3) is 11.3 Å². The zero-order valence-electron chi connectivity index (χ0n) is 12.6. The maximum absolute atomic E-state index is 6.15. The van der Waals surface area contributed by atoms with Crippen molar-refractivity contribution in [1.29, 1.82) is 0 Å². The Bertz CT molecular complexity index is 778. The first-order valence-electron chi connectivity index (χ1n) is 7.24. The smallest absolute Gasteiger partial charge is 0.187 e. The zero-order valence-corrected chi connectivity index (χ0v) is 14.1. The van der Waals surface area contributed by atoms with Gasteiger partial charge in [0.05, 0.1) is 5.69 Å². The summed E-state index contributed by atoms with van der Waals surface area (Å²) >= 11 is 7.75. The number of benzene rings is 2. The Morgan fingerprint density at radius 2 is 1.91 bits per heavy atom. The standard InChI is InChI=1S/C18H17ClN2S/c1-3-13-7-9-14(10-8-13)17-11-22-18(21-17)20-16-6-4-5-15(19)12(16)2/h4-11H,3H2,1-2H3,(H,20,21). The molecule has 0 fully saturated rings. The van der Waals surface area contributed by atoms with Gasteiger partial charge in [-0.05, 0) is 36.6 Å². The first-order valence-corrected chi connectivity index (χ1v) is 8.50. The first-order chi connectivity index (χ1) is 10.7. The first kappa shape index (κ1) is 15.1. The van der Waals surface area contributed by atoms with Crippen LogP contribution in [0.4, 0.5) is 10.8 Å². The van der Waals surface area contributed by atoms with Gasteiger partial charge >= 0.3 is 0 Å². The minimum absolute atomic E-state index is 0.761. The Balaban J connectivity index is 1.82. The van der Waals surface area contributed by atoms with E-state index in [4.69, 9.17) is 11.6 Å². The molecule has 112 valence electrons. The van der Waals surface area contributed by atoms with Gasteiger partial charge in [0, 0.05) is 21.7 Å². The van der Waals surface area contributed by atoms with Gasteiger partial charge in [0.15, 0.2) is 5.13 Å². The number of hydrogen-bond donors (Lipinski definition) is 1. The molecule has 0 bridgehead atoms. The number of rotatable bonds is 4. The molecule has 1 heterocycles. The maximum Gasteiger partial charge on any atom is 0.187 e. The molecule has 2 aromatic carbocycles. The van der Waals surface area contributed by atoms with Crippen molar-refractivity contribution < 1.29 is 0 Å². The number of nitrogens with zero attached hydrogens (tertiary/aromatic N) is 1. The molecule has 0 radical (unpaired) electrons. The molecule has 0 spiro atoms. The van der Waals surface area contributed by atoms with E-state index in [0.717, 1.165) is 39.1 Å². The number of halogens is 1. The highest BCUT2D eigenvalue weighted by Crippen LogP contribution is 2.30. The van der Waals surface area contributed by atoms with Gasteiger partial charge in [-0.25, -0.2) is 4.98 Å². The van der Waals surface area contributed by atoms with E-state index in [0.29, 0.717) is 0 Å². The van der Waals surface area contributed by atoms with Gasteiger partial charge in [0.25, 0.3) is 0 Å². The molecule has 4 heteroatoms. The van der Waals surface area contributed by atoms with Crippen molar-refractivity contribution >= 4 is 33.8 Å². The van der Waals surface area contributed by atoms with E-state index in [9.17, 15) is 0 Å². The summed E-state index contributed by atoms with van der Waals surface area (Å²) < 4.78 is 0. The Labute approximate surface area is 139 Å². The van der Waals surface area contributed by atoms with Crippen LogP contribution in [-0.4, -0.2) is 4.98 Å². The van der Waals surface area contributed by atoms with Crippen molar-refractivity contribution in [1.82, 2.24) is 4.98 Å². The number of hydrogen-bond acceptors (Lipinski definition) is 3. The Kier molecular flexibility index (Phi) is 4.46. The summed E-state index contributed by atoms with van der Waals surface area (Å²) in [6, 6.07) is 14.4. The summed E-state index contributed by atoms with van der Waals surface area (Å²) in [5.41, 5.74) is 5.51. The minimum atomic E-state index is 0.761. The largest absolute Gasteiger partial charge is 0.331 e. The monoisotopic (exact) mass is 328 g/mol. The molecule has 3 aromatic rings. The minimum Gasteiger partial charge on any atom is -0.331 e. The molecule has 22 heavy (non-hydrogen) atoms. The van der Waals surface area contributed by atoms with Crippen LogP contribution < -0.4 is 5.32 Å². The van der Waals surface area contributed by atoms with Crippen LogP contribution in [0.3, 0.4) is 0 Å². The molecule has 0 amide bonds. The third-order valence-corrected chi connectivity index (χ3v) is 4.84. The Morgan fingerprint density at radius 1 is 1.14 bits per heavy atom.